The van der Waals surface area contributed by atoms with E-state index in [1.807, 2.05) is 36.4 Å². The highest BCUT2D eigenvalue weighted by atomic mass is 35.5. The summed E-state index contributed by atoms with van der Waals surface area (Å²) in [6, 6.07) is 14.6. The number of nitrogens with zero attached hydrogens (tertiary/aromatic N) is 2. The van der Waals surface area contributed by atoms with Crippen LogP contribution in [0.25, 0.3) is 11.0 Å². The molecule has 2 aromatic carbocycles. The number of aromatic nitrogens is 1. The van der Waals surface area contributed by atoms with Gasteiger partial charge in [-0.2, -0.15) is 4.31 Å². The van der Waals surface area contributed by atoms with Crippen molar-refractivity contribution in [2.75, 3.05) is 12.3 Å². The zero-order valence-electron chi connectivity index (χ0n) is 13.1. The molecule has 0 amide bonds. The molecule has 4 rings (SSSR count). The third kappa shape index (κ3) is 3.17. The second-order valence-corrected chi connectivity index (χ2v) is 9.25. The highest BCUT2D eigenvalue weighted by molar-refractivity contribution is 8.00. The monoisotopic (exact) mass is 394 g/mol. The summed E-state index contributed by atoms with van der Waals surface area (Å²) >= 11 is 7.86. The number of rotatable bonds is 4. The zero-order chi connectivity index (χ0) is 17.4. The fourth-order valence-corrected chi connectivity index (χ4v) is 6.63. The van der Waals surface area contributed by atoms with Crippen molar-refractivity contribution >= 4 is 44.4 Å². The van der Waals surface area contributed by atoms with Crippen LogP contribution in [0, 0.1) is 0 Å². The molecule has 2 heterocycles. The summed E-state index contributed by atoms with van der Waals surface area (Å²) in [6.07, 6.45) is 0. The lowest BCUT2D eigenvalue weighted by molar-refractivity contribution is 0.427. The summed E-state index contributed by atoms with van der Waals surface area (Å²) < 4.78 is 32.8. The first-order chi connectivity index (χ1) is 12.1. The van der Waals surface area contributed by atoms with Crippen molar-refractivity contribution in [3.05, 3.63) is 64.8 Å². The smallest absolute Gasteiger partial charge is 0.221 e. The predicted molar refractivity (Wildman–Crippen MR) is 100.0 cm³/mol. The van der Waals surface area contributed by atoms with E-state index in [-0.39, 0.29) is 11.1 Å². The fraction of sp³-hybridized carbons (Fsp3) is 0.235. The highest BCUT2D eigenvalue weighted by Crippen LogP contribution is 2.43. The molecule has 130 valence electrons. The summed E-state index contributed by atoms with van der Waals surface area (Å²) in [5.41, 5.74) is 1.84. The van der Waals surface area contributed by atoms with Gasteiger partial charge in [-0.05, 0) is 23.8 Å². The Morgan fingerprint density at radius 3 is 2.80 bits per heavy atom. The molecular weight excluding hydrogens is 380 g/mol. The van der Waals surface area contributed by atoms with Crippen molar-refractivity contribution < 1.29 is 12.9 Å². The molecule has 1 unspecified atom stereocenters. The number of benzene rings is 2. The maximum atomic E-state index is 13.0. The molecule has 1 fully saturated rings. The summed E-state index contributed by atoms with van der Waals surface area (Å²) in [5.74, 6) is 0.542. The van der Waals surface area contributed by atoms with Gasteiger partial charge in [0.05, 0.1) is 5.37 Å². The van der Waals surface area contributed by atoms with Crippen LogP contribution in [0.15, 0.2) is 53.1 Å². The van der Waals surface area contributed by atoms with Gasteiger partial charge in [0, 0.05) is 22.7 Å². The van der Waals surface area contributed by atoms with Crippen molar-refractivity contribution in [3.63, 3.8) is 0 Å². The van der Waals surface area contributed by atoms with Crippen molar-refractivity contribution in [1.82, 2.24) is 9.46 Å². The molecule has 1 aliphatic heterocycles. The first kappa shape index (κ1) is 16.9. The zero-order valence-corrected chi connectivity index (χ0v) is 15.5. The molecular formula is C17H15ClN2O3S2. The van der Waals surface area contributed by atoms with E-state index in [1.54, 1.807) is 23.9 Å². The minimum Gasteiger partial charge on any atom is -0.356 e. The van der Waals surface area contributed by atoms with Crippen LogP contribution in [0.5, 0.6) is 0 Å². The van der Waals surface area contributed by atoms with Gasteiger partial charge in [-0.1, -0.05) is 47.1 Å². The Labute approximate surface area is 155 Å². The lowest BCUT2D eigenvalue weighted by Gasteiger charge is -2.23. The van der Waals surface area contributed by atoms with E-state index in [2.05, 4.69) is 5.16 Å². The molecule has 0 bridgehead atoms. The van der Waals surface area contributed by atoms with Gasteiger partial charge in [0.1, 0.15) is 11.4 Å². The third-order valence-corrected chi connectivity index (χ3v) is 7.62. The molecule has 0 radical (unpaired) electrons. The molecule has 1 aliphatic rings. The van der Waals surface area contributed by atoms with Gasteiger partial charge in [-0.25, -0.2) is 8.42 Å². The number of hydrogen-bond acceptors (Lipinski definition) is 5. The van der Waals surface area contributed by atoms with E-state index < -0.39 is 10.0 Å². The largest absolute Gasteiger partial charge is 0.356 e. The van der Waals surface area contributed by atoms with Crippen LogP contribution in [0.2, 0.25) is 5.02 Å². The van der Waals surface area contributed by atoms with E-state index in [1.165, 1.54) is 4.31 Å². The number of halogens is 1. The van der Waals surface area contributed by atoms with Gasteiger partial charge in [-0.15, -0.1) is 11.8 Å². The van der Waals surface area contributed by atoms with Crippen LogP contribution in [0.4, 0.5) is 0 Å². The lowest BCUT2D eigenvalue weighted by Crippen LogP contribution is -2.31. The van der Waals surface area contributed by atoms with Crippen molar-refractivity contribution in [2.45, 2.75) is 11.1 Å². The van der Waals surface area contributed by atoms with Crippen LogP contribution < -0.4 is 0 Å². The quantitative estimate of drug-likeness (QED) is 0.667. The number of thioether (sulfide) groups is 1. The average Bonchev–Trinajstić information content (AvgIpc) is 3.23. The van der Waals surface area contributed by atoms with Crippen molar-refractivity contribution in [3.8, 4) is 0 Å². The molecule has 1 saturated heterocycles. The number of hydrogen-bond donors (Lipinski definition) is 0. The van der Waals surface area contributed by atoms with Crippen molar-refractivity contribution in [1.29, 1.82) is 0 Å². The second-order valence-electron chi connectivity index (χ2n) is 5.74. The Balaban J connectivity index is 1.66. The molecule has 25 heavy (non-hydrogen) atoms. The normalized spacial score (nSPS) is 18.8. The summed E-state index contributed by atoms with van der Waals surface area (Å²) in [4.78, 5) is 0. The van der Waals surface area contributed by atoms with Gasteiger partial charge in [-0.3, -0.25) is 0 Å². The van der Waals surface area contributed by atoms with Crippen LogP contribution in [0.3, 0.4) is 0 Å². The molecule has 0 saturated carbocycles. The standard InChI is InChI=1S/C17H15ClN2O3S2/c18-14-7-3-1-5-12(14)17-20(9-10-24-17)25(21,22)11-15-13-6-2-4-8-16(13)23-19-15/h1-8,17H,9-11H2. The predicted octanol–water partition coefficient (Wildman–Crippen LogP) is 4.06. The van der Waals surface area contributed by atoms with Crippen LogP contribution in [0.1, 0.15) is 16.6 Å². The number of para-hydroxylation sites is 1. The first-order valence-corrected chi connectivity index (χ1v) is 10.8. The Hall–Kier alpha value is -1.54. The van der Waals surface area contributed by atoms with Gasteiger partial charge >= 0.3 is 0 Å². The molecule has 5 nitrogen and oxygen atoms in total. The van der Waals surface area contributed by atoms with E-state index >= 15 is 0 Å². The molecule has 1 aromatic heterocycles. The molecule has 1 atom stereocenters. The fourth-order valence-electron chi connectivity index (χ4n) is 2.96. The maximum Gasteiger partial charge on any atom is 0.221 e. The Morgan fingerprint density at radius 1 is 1.20 bits per heavy atom. The second kappa shape index (κ2) is 6.64. The average molecular weight is 395 g/mol. The van der Waals surface area contributed by atoms with E-state index in [4.69, 9.17) is 16.1 Å². The molecule has 0 aliphatic carbocycles. The third-order valence-electron chi connectivity index (χ3n) is 4.15. The number of fused-ring (bicyclic) bond motifs is 1. The minimum atomic E-state index is -3.56. The Morgan fingerprint density at radius 2 is 1.96 bits per heavy atom. The van der Waals surface area contributed by atoms with Crippen LogP contribution in [-0.4, -0.2) is 30.2 Å². The van der Waals surface area contributed by atoms with Crippen LogP contribution >= 0.6 is 23.4 Å². The Kier molecular flexibility index (Phi) is 4.49. The van der Waals surface area contributed by atoms with Crippen LogP contribution in [-0.2, 0) is 15.8 Å². The topological polar surface area (TPSA) is 63.4 Å². The molecule has 0 spiro atoms. The molecule has 0 N–H and O–H groups in total. The van der Waals surface area contributed by atoms with Gasteiger partial charge in [0.2, 0.25) is 10.0 Å². The summed E-state index contributed by atoms with van der Waals surface area (Å²) in [6.45, 7) is 0.457. The Bertz CT molecular complexity index is 1020. The van der Waals surface area contributed by atoms with Gasteiger partial charge in [0.15, 0.2) is 5.58 Å². The van der Waals surface area contributed by atoms with Gasteiger partial charge in [0.25, 0.3) is 0 Å². The summed E-state index contributed by atoms with van der Waals surface area (Å²) in [5, 5.41) is 4.95. The minimum absolute atomic E-state index is 0.189. The molecule has 3 aromatic rings. The van der Waals surface area contributed by atoms with E-state index in [9.17, 15) is 8.42 Å². The SMILES string of the molecule is O=S(=O)(Cc1noc2ccccc12)N1CCSC1c1ccccc1Cl. The molecule has 8 heteroatoms. The first-order valence-electron chi connectivity index (χ1n) is 7.75. The highest BCUT2D eigenvalue weighted by Gasteiger charge is 2.37. The number of sulfonamides is 1. The maximum absolute atomic E-state index is 13.0. The van der Waals surface area contributed by atoms with Gasteiger partial charge < -0.3 is 4.52 Å². The summed E-state index contributed by atoms with van der Waals surface area (Å²) in [7, 11) is -3.56. The van der Waals surface area contributed by atoms with E-state index in [0.717, 1.165) is 16.7 Å². The van der Waals surface area contributed by atoms with E-state index in [0.29, 0.717) is 22.8 Å². The lowest BCUT2D eigenvalue weighted by atomic mass is 10.2. The van der Waals surface area contributed by atoms with Crippen molar-refractivity contribution in [2.24, 2.45) is 0 Å².